The fraction of sp³-hybridized carbons (Fsp3) is 0.375. The summed E-state index contributed by atoms with van der Waals surface area (Å²) >= 11 is 0. The second-order valence-electron chi connectivity index (χ2n) is 8.21. The quantitative estimate of drug-likeness (QED) is 0.566. The summed E-state index contributed by atoms with van der Waals surface area (Å²) in [5.74, 6) is -2.68. The molecule has 2 N–H and O–H groups in total. The molecule has 0 radical (unpaired) electrons. The number of aromatic hydroxyl groups is 1. The Morgan fingerprint density at radius 3 is 2.42 bits per heavy atom. The molecule has 2 aliphatic heterocycles. The minimum atomic E-state index is -1.40. The predicted molar refractivity (Wildman–Crippen MR) is 113 cm³/mol. The van der Waals surface area contributed by atoms with Crippen molar-refractivity contribution in [3.63, 3.8) is 0 Å². The van der Waals surface area contributed by atoms with Crippen LogP contribution in [-0.4, -0.2) is 47.0 Å². The van der Waals surface area contributed by atoms with E-state index >= 15 is 0 Å². The number of hydrogen-bond donors (Lipinski definition) is 2. The van der Waals surface area contributed by atoms with E-state index in [-0.39, 0.29) is 30.5 Å². The molecule has 2 fully saturated rings. The van der Waals surface area contributed by atoms with Crippen molar-refractivity contribution in [1.82, 2.24) is 10.2 Å². The predicted octanol–water partition coefficient (Wildman–Crippen LogP) is 2.12. The van der Waals surface area contributed by atoms with Gasteiger partial charge in [0.1, 0.15) is 11.3 Å². The van der Waals surface area contributed by atoms with Gasteiger partial charge in [0.25, 0.3) is 0 Å². The fourth-order valence-electron chi connectivity index (χ4n) is 5.12. The van der Waals surface area contributed by atoms with Crippen LogP contribution in [0.3, 0.4) is 0 Å². The lowest BCUT2D eigenvalue weighted by Crippen LogP contribution is -2.57. The van der Waals surface area contributed by atoms with Gasteiger partial charge in [0, 0.05) is 19.0 Å². The van der Waals surface area contributed by atoms with Crippen LogP contribution in [-0.2, 0) is 25.5 Å². The lowest BCUT2D eigenvalue weighted by atomic mass is 9.76. The molecule has 2 amide bonds. The number of rotatable bonds is 5. The number of imide groups is 1. The van der Waals surface area contributed by atoms with Crippen LogP contribution < -0.4 is 5.32 Å². The van der Waals surface area contributed by atoms with Crippen molar-refractivity contribution in [1.29, 1.82) is 0 Å². The molecule has 2 saturated heterocycles. The second-order valence-corrected chi connectivity index (χ2v) is 8.21. The zero-order valence-electron chi connectivity index (χ0n) is 17.8. The Morgan fingerprint density at radius 2 is 1.81 bits per heavy atom. The minimum Gasteiger partial charge on any atom is -0.508 e. The molecule has 0 aromatic heterocycles. The van der Waals surface area contributed by atoms with Gasteiger partial charge in [-0.2, -0.15) is 0 Å². The third kappa shape index (κ3) is 3.20. The van der Waals surface area contributed by atoms with Gasteiger partial charge in [0.05, 0.1) is 18.9 Å². The number of phenolic OH excluding ortho intramolecular Hbond substituents is 1. The summed E-state index contributed by atoms with van der Waals surface area (Å²) in [7, 11) is 1.29. The van der Waals surface area contributed by atoms with Crippen LogP contribution in [0, 0.1) is 18.8 Å². The van der Waals surface area contributed by atoms with Crippen molar-refractivity contribution >= 4 is 17.8 Å². The van der Waals surface area contributed by atoms with Gasteiger partial charge in [-0.3, -0.25) is 24.6 Å². The first-order valence-electron chi connectivity index (χ1n) is 10.4. The summed E-state index contributed by atoms with van der Waals surface area (Å²) in [6.07, 6.45) is 0.153. The first-order valence-corrected chi connectivity index (χ1v) is 10.4. The van der Waals surface area contributed by atoms with Gasteiger partial charge in [-0.15, -0.1) is 0 Å². The third-order valence-corrected chi connectivity index (χ3v) is 6.55. The second kappa shape index (κ2) is 7.81. The SMILES string of the molecule is CCN1C(=O)[C@H]2[C@@H](C1=O)[C@@](Cc1ccc(O)cc1)(C(=O)OC)N[C@H]2c1ccccc1C. The van der Waals surface area contributed by atoms with Crippen LogP contribution in [0.1, 0.15) is 29.7 Å². The van der Waals surface area contributed by atoms with E-state index < -0.39 is 29.4 Å². The number of ether oxygens (including phenoxy) is 1. The average Bonchev–Trinajstić information content (AvgIpc) is 3.23. The van der Waals surface area contributed by atoms with Gasteiger partial charge in [-0.05, 0) is 42.7 Å². The standard InChI is InChI=1S/C24H26N2O5/c1-4-26-21(28)18-19(22(26)29)24(23(30)31-3,13-15-9-11-16(27)12-10-15)25-20(18)17-8-6-5-7-14(17)2/h5-12,18-20,25,27H,4,13H2,1-3H3/t18-,19-,20-,24-/m0/s1. The number of phenols is 1. The molecule has 0 saturated carbocycles. The van der Waals surface area contributed by atoms with E-state index in [0.717, 1.165) is 16.7 Å². The molecule has 7 nitrogen and oxygen atoms in total. The molecule has 2 heterocycles. The maximum Gasteiger partial charge on any atom is 0.327 e. The molecule has 162 valence electrons. The first-order chi connectivity index (χ1) is 14.8. The highest BCUT2D eigenvalue weighted by atomic mass is 16.5. The van der Waals surface area contributed by atoms with Gasteiger partial charge in [0.2, 0.25) is 11.8 Å². The van der Waals surface area contributed by atoms with Crippen molar-refractivity contribution in [2.45, 2.75) is 31.8 Å². The highest BCUT2D eigenvalue weighted by Gasteiger charge is 2.68. The van der Waals surface area contributed by atoms with E-state index in [1.54, 1.807) is 19.1 Å². The Kier molecular flexibility index (Phi) is 5.31. The molecule has 4 atom stereocenters. The molecule has 4 rings (SSSR count). The van der Waals surface area contributed by atoms with Crippen LogP contribution in [0.4, 0.5) is 0 Å². The number of aryl methyl sites for hydroxylation is 1. The van der Waals surface area contributed by atoms with E-state index in [1.807, 2.05) is 31.2 Å². The molecule has 2 aliphatic rings. The van der Waals surface area contributed by atoms with Crippen molar-refractivity contribution in [2.24, 2.45) is 11.8 Å². The van der Waals surface area contributed by atoms with Crippen molar-refractivity contribution in [3.8, 4) is 5.75 Å². The Balaban J connectivity index is 1.88. The van der Waals surface area contributed by atoms with Crippen LogP contribution in [0.25, 0.3) is 0 Å². The maximum absolute atomic E-state index is 13.4. The Bertz CT molecular complexity index is 1030. The van der Waals surface area contributed by atoms with Crippen molar-refractivity contribution < 1.29 is 24.2 Å². The average molecular weight is 422 g/mol. The minimum absolute atomic E-state index is 0.107. The van der Waals surface area contributed by atoms with Gasteiger partial charge in [0.15, 0.2) is 0 Å². The smallest absolute Gasteiger partial charge is 0.327 e. The Hall–Kier alpha value is -3.19. The summed E-state index contributed by atoms with van der Waals surface area (Å²) < 4.78 is 5.18. The number of esters is 1. The van der Waals surface area contributed by atoms with Gasteiger partial charge < -0.3 is 9.84 Å². The highest BCUT2D eigenvalue weighted by Crippen LogP contribution is 2.50. The topological polar surface area (TPSA) is 95.9 Å². The van der Waals surface area contributed by atoms with E-state index in [4.69, 9.17) is 4.74 Å². The van der Waals surface area contributed by atoms with E-state index in [9.17, 15) is 19.5 Å². The largest absolute Gasteiger partial charge is 0.508 e. The van der Waals surface area contributed by atoms with Crippen LogP contribution >= 0.6 is 0 Å². The summed E-state index contributed by atoms with van der Waals surface area (Å²) in [5, 5.41) is 13.0. The molecule has 2 aromatic rings. The Labute approximate surface area is 181 Å². The van der Waals surface area contributed by atoms with E-state index in [0.29, 0.717) is 0 Å². The lowest BCUT2D eigenvalue weighted by molar-refractivity contribution is -0.154. The molecule has 0 aliphatic carbocycles. The summed E-state index contributed by atoms with van der Waals surface area (Å²) in [6.45, 7) is 3.96. The first kappa shape index (κ1) is 21.1. The van der Waals surface area contributed by atoms with E-state index in [2.05, 4.69) is 5.32 Å². The molecule has 7 heteroatoms. The molecule has 0 unspecified atom stereocenters. The molecule has 2 aromatic carbocycles. The number of fused-ring (bicyclic) bond motifs is 1. The number of likely N-dealkylation sites (tertiary alicyclic amines) is 1. The van der Waals surface area contributed by atoms with Crippen molar-refractivity contribution in [2.75, 3.05) is 13.7 Å². The lowest BCUT2D eigenvalue weighted by Gasteiger charge is -2.32. The third-order valence-electron chi connectivity index (χ3n) is 6.55. The molecular weight excluding hydrogens is 396 g/mol. The van der Waals surface area contributed by atoms with Crippen LogP contribution in [0.15, 0.2) is 48.5 Å². The number of nitrogens with one attached hydrogen (secondary N) is 1. The maximum atomic E-state index is 13.4. The number of carbonyl (C=O) groups excluding carboxylic acids is 3. The highest BCUT2D eigenvalue weighted by molar-refractivity contribution is 6.09. The number of carbonyl (C=O) groups is 3. The number of amides is 2. The number of methoxy groups -OCH3 is 1. The Morgan fingerprint density at radius 1 is 1.13 bits per heavy atom. The molecular formula is C24H26N2O5. The molecule has 0 spiro atoms. The number of nitrogens with zero attached hydrogens (tertiary/aromatic N) is 1. The van der Waals surface area contributed by atoms with Gasteiger partial charge in [-0.25, -0.2) is 0 Å². The molecule has 31 heavy (non-hydrogen) atoms. The molecule has 0 bridgehead atoms. The van der Waals surface area contributed by atoms with Gasteiger partial charge >= 0.3 is 5.97 Å². The zero-order valence-corrected chi connectivity index (χ0v) is 17.8. The van der Waals surface area contributed by atoms with Crippen molar-refractivity contribution in [3.05, 3.63) is 65.2 Å². The summed E-state index contributed by atoms with van der Waals surface area (Å²) in [4.78, 5) is 41.2. The normalized spacial score (nSPS) is 27.5. The zero-order chi connectivity index (χ0) is 22.3. The van der Waals surface area contributed by atoms with E-state index in [1.165, 1.54) is 24.1 Å². The number of benzene rings is 2. The summed E-state index contributed by atoms with van der Waals surface area (Å²) in [5.41, 5.74) is 1.20. The van der Waals surface area contributed by atoms with Gasteiger partial charge in [-0.1, -0.05) is 36.4 Å². The van der Waals surface area contributed by atoms with Crippen LogP contribution in [0.2, 0.25) is 0 Å². The monoisotopic (exact) mass is 422 g/mol. The summed E-state index contributed by atoms with van der Waals surface area (Å²) in [6, 6.07) is 13.6. The number of hydrogen-bond acceptors (Lipinski definition) is 6. The van der Waals surface area contributed by atoms with Crippen LogP contribution in [0.5, 0.6) is 5.75 Å². The fourth-order valence-corrected chi connectivity index (χ4v) is 5.12.